The maximum absolute atomic E-state index is 9.03. The zero-order valence-corrected chi connectivity index (χ0v) is 10.5. The Kier molecular flexibility index (Phi) is 3.18. The van der Waals surface area contributed by atoms with E-state index in [4.69, 9.17) is 10.00 Å². The molecule has 0 saturated carbocycles. The van der Waals surface area contributed by atoms with Crippen LogP contribution in [0.4, 0.5) is 0 Å². The van der Waals surface area contributed by atoms with Crippen LogP contribution >= 0.6 is 0 Å². The van der Waals surface area contributed by atoms with E-state index in [1.165, 1.54) is 11.1 Å². The topological polar surface area (TPSA) is 45.0 Å². The molecule has 0 saturated heterocycles. The van der Waals surface area contributed by atoms with Crippen molar-refractivity contribution in [3.8, 4) is 11.8 Å². The molecule has 0 fully saturated rings. The van der Waals surface area contributed by atoms with Crippen molar-refractivity contribution >= 4 is 0 Å². The van der Waals surface area contributed by atoms with Crippen LogP contribution in [0.5, 0.6) is 5.75 Å². The van der Waals surface area contributed by atoms with Gasteiger partial charge in [0.25, 0.3) is 0 Å². The van der Waals surface area contributed by atoms with Gasteiger partial charge >= 0.3 is 0 Å². The number of fused-ring (bicyclic) bond motifs is 1. The fourth-order valence-electron chi connectivity index (χ4n) is 2.28. The van der Waals surface area contributed by atoms with E-state index < -0.39 is 0 Å². The van der Waals surface area contributed by atoms with Crippen molar-refractivity contribution in [1.82, 2.24) is 5.32 Å². The molecule has 3 nitrogen and oxygen atoms in total. The Morgan fingerprint density at radius 3 is 2.84 bits per heavy atom. The first-order valence-corrected chi connectivity index (χ1v) is 6.30. The van der Waals surface area contributed by atoms with Gasteiger partial charge in [0, 0.05) is 18.7 Å². The van der Waals surface area contributed by atoms with Crippen LogP contribution in [0.3, 0.4) is 0 Å². The summed E-state index contributed by atoms with van der Waals surface area (Å²) in [5.74, 6) is 0.857. The van der Waals surface area contributed by atoms with Gasteiger partial charge in [-0.25, -0.2) is 0 Å². The molecule has 0 amide bonds. The first-order chi connectivity index (χ1) is 9.36. The minimum absolute atomic E-state index is 0.427. The number of nitrogens with zero attached hydrogens (tertiary/aromatic N) is 1. The molecule has 3 heteroatoms. The Morgan fingerprint density at radius 1 is 1.11 bits per heavy atom. The number of benzene rings is 2. The molecule has 3 rings (SSSR count). The van der Waals surface area contributed by atoms with Gasteiger partial charge in [0.05, 0.1) is 11.6 Å². The highest BCUT2D eigenvalue weighted by atomic mass is 16.5. The van der Waals surface area contributed by atoms with Gasteiger partial charge in [0.2, 0.25) is 0 Å². The average molecular weight is 250 g/mol. The first kappa shape index (κ1) is 11.8. The Labute approximate surface area is 112 Å². The summed E-state index contributed by atoms with van der Waals surface area (Å²) in [4.78, 5) is 0. The Balaban J connectivity index is 1.74. The summed E-state index contributed by atoms with van der Waals surface area (Å²) in [6.45, 7) is 2.27. The van der Waals surface area contributed by atoms with Gasteiger partial charge in [0.1, 0.15) is 12.4 Å². The quantitative estimate of drug-likeness (QED) is 0.911. The lowest BCUT2D eigenvalue weighted by Gasteiger charge is -2.09. The van der Waals surface area contributed by atoms with E-state index in [1.807, 2.05) is 30.3 Å². The maximum atomic E-state index is 9.03. The van der Waals surface area contributed by atoms with Gasteiger partial charge in [-0.3, -0.25) is 0 Å². The van der Waals surface area contributed by atoms with E-state index in [-0.39, 0.29) is 0 Å². The van der Waals surface area contributed by atoms with E-state index in [0.717, 1.165) is 24.4 Å². The van der Waals surface area contributed by atoms with E-state index >= 15 is 0 Å². The van der Waals surface area contributed by atoms with Crippen LogP contribution in [0.2, 0.25) is 0 Å². The van der Waals surface area contributed by atoms with Crippen LogP contribution in [-0.4, -0.2) is 0 Å². The number of hydrogen-bond acceptors (Lipinski definition) is 3. The van der Waals surface area contributed by atoms with Crippen molar-refractivity contribution in [3.63, 3.8) is 0 Å². The van der Waals surface area contributed by atoms with Crippen LogP contribution in [0, 0.1) is 11.3 Å². The van der Waals surface area contributed by atoms with Gasteiger partial charge in [-0.1, -0.05) is 24.3 Å². The second kappa shape index (κ2) is 5.13. The van der Waals surface area contributed by atoms with Gasteiger partial charge < -0.3 is 10.1 Å². The summed E-state index contributed by atoms with van der Waals surface area (Å²) in [6, 6.07) is 15.9. The number of nitrogens with one attached hydrogen (secondary N) is 1. The smallest absolute Gasteiger partial charge is 0.120 e. The lowest BCUT2D eigenvalue weighted by atomic mass is 10.1. The second-order valence-electron chi connectivity index (χ2n) is 4.59. The summed E-state index contributed by atoms with van der Waals surface area (Å²) in [6.07, 6.45) is 0. The van der Waals surface area contributed by atoms with E-state index in [2.05, 4.69) is 23.5 Å². The molecule has 0 aliphatic carbocycles. The third kappa shape index (κ3) is 2.44. The molecule has 0 spiro atoms. The zero-order valence-electron chi connectivity index (χ0n) is 10.5. The normalized spacial score (nSPS) is 12.8. The predicted molar refractivity (Wildman–Crippen MR) is 72.5 cm³/mol. The number of ether oxygens (including phenoxy) is 1. The molecule has 0 bridgehead atoms. The van der Waals surface area contributed by atoms with E-state index in [1.54, 1.807) is 0 Å². The highest BCUT2D eigenvalue weighted by Crippen LogP contribution is 2.22. The fourth-order valence-corrected chi connectivity index (χ4v) is 2.28. The highest BCUT2D eigenvalue weighted by Gasteiger charge is 2.10. The van der Waals surface area contributed by atoms with Crippen LogP contribution in [0.1, 0.15) is 22.3 Å². The summed E-state index contributed by atoms with van der Waals surface area (Å²) >= 11 is 0. The molecule has 1 aliphatic heterocycles. The van der Waals surface area contributed by atoms with Gasteiger partial charge in [0.15, 0.2) is 0 Å². The Morgan fingerprint density at radius 2 is 1.95 bits per heavy atom. The summed E-state index contributed by atoms with van der Waals surface area (Å²) in [7, 11) is 0. The van der Waals surface area contributed by atoms with Crippen molar-refractivity contribution in [2.24, 2.45) is 0 Å². The van der Waals surface area contributed by atoms with Crippen molar-refractivity contribution in [1.29, 1.82) is 5.26 Å². The molecule has 19 heavy (non-hydrogen) atoms. The molecule has 1 heterocycles. The van der Waals surface area contributed by atoms with Gasteiger partial charge in [-0.05, 0) is 29.3 Å². The minimum Gasteiger partial charge on any atom is -0.489 e. The predicted octanol–water partition coefficient (Wildman–Crippen LogP) is 2.74. The monoisotopic (exact) mass is 250 g/mol. The van der Waals surface area contributed by atoms with E-state index in [9.17, 15) is 0 Å². The molecular formula is C16H14N2O. The van der Waals surface area contributed by atoms with Crippen LogP contribution in [-0.2, 0) is 19.7 Å². The minimum atomic E-state index is 0.427. The van der Waals surface area contributed by atoms with Crippen molar-refractivity contribution < 1.29 is 4.74 Å². The van der Waals surface area contributed by atoms with Gasteiger partial charge in [-0.2, -0.15) is 5.26 Å². The maximum Gasteiger partial charge on any atom is 0.120 e. The fraction of sp³-hybridized carbons (Fsp3) is 0.188. The van der Waals surface area contributed by atoms with Crippen LogP contribution < -0.4 is 10.1 Å². The molecule has 94 valence electrons. The Bertz CT molecular complexity index is 643. The number of hydrogen-bond donors (Lipinski definition) is 1. The summed E-state index contributed by atoms with van der Waals surface area (Å²) in [5, 5.41) is 12.3. The lowest BCUT2D eigenvalue weighted by Crippen LogP contribution is -2.00. The molecule has 0 atom stereocenters. The van der Waals surface area contributed by atoms with E-state index in [0.29, 0.717) is 12.2 Å². The van der Waals surface area contributed by atoms with Crippen LogP contribution in [0.15, 0.2) is 42.5 Å². The number of nitriles is 1. The second-order valence-corrected chi connectivity index (χ2v) is 4.59. The molecular weight excluding hydrogens is 236 g/mol. The zero-order chi connectivity index (χ0) is 13.1. The third-order valence-electron chi connectivity index (χ3n) is 3.34. The largest absolute Gasteiger partial charge is 0.489 e. The van der Waals surface area contributed by atoms with Crippen molar-refractivity contribution in [2.45, 2.75) is 19.7 Å². The van der Waals surface area contributed by atoms with Crippen molar-refractivity contribution in [2.75, 3.05) is 0 Å². The lowest BCUT2D eigenvalue weighted by molar-refractivity contribution is 0.305. The summed E-state index contributed by atoms with van der Waals surface area (Å²) in [5.41, 5.74) is 4.23. The average Bonchev–Trinajstić information content (AvgIpc) is 2.93. The van der Waals surface area contributed by atoms with Gasteiger partial charge in [-0.15, -0.1) is 0 Å². The van der Waals surface area contributed by atoms with Crippen LogP contribution in [0.25, 0.3) is 0 Å². The molecule has 2 aromatic rings. The SMILES string of the molecule is N#Cc1ccccc1COc1ccc2c(c1)CNC2. The van der Waals surface area contributed by atoms with Crippen molar-refractivity contribution in [3.05, 3.63) is 64.7 Å². The number of rotatable bonds is 3. The Hall–Kier alpha value is -2.31. The summed E-state index contributed by atoms with van der Waals surface area (Å²) < 4.78 is 5.78. The molecule has 0 aromatic heterocycles. The first-order valence-electron chi connectivity index (χ1n) is 6.30. The molecule has 0 unspecified atom stereocenters. The highest BCUT2D eigenvalue weighted by molar-refractivity contribution is 5.39. The molecule has 2 aromatic carbocycles. The molecule has 0 radical (unpaired) electrons. The standard InChI is InChI=1S/C16H14N2O/c17-8-12-3-1-2-4-14(12)11-19-16-6-5-13-9-18-10-15(13)7-16/h1-7,18H,9-11H2. The third-order valence-corrected chi connectivity index (χ3v) is 3.34. The molecule has 1 N–H and O–H groups in total. The molecule has 1 aliphatic rings.